The molecule has 0 aliphatic carbocycles. The molecule has 0 unspecified atom stereocenters. The van der Waals surface area contributed by atoms with Gasteiger partial charge in [-0.1, -0.05) is 35.9 Å². The van der Waals surface area contributed by atoms with Gasteiger partial charge in [-0.2, -0.15) is 8.42 Å². The third-order valence-electron chi connectivity index (χ3n) is 5.23. The summed E-state index contributed by atoms with van der Waals surface area (Å²) in [6, 6.07) is 13.9. The van der Waals surface area contributed by atoms with Gasteiger partial charge in [-0.3, -0.25) is 19.5 Å². The van der Waals surface area contributed by atoms with E-state index in [1.165, 1.54) is 6.92 Å². The lowest BCUT2D eigenvalue weighted by molar-refractivity contribution is 0.0589. The second-order valence-electron chi connectivity index (χ2n) is 7.55. The maximum Gasteiger partial charge on any atom is 0.408 e. The number of nitrogens with zero attached hydrogens (tertiary/aromatic N) is 1. The molecule has 0 saturated carbocycles. The summed E-state index contributed by atoms with van der Waals surface area (Å²) in [5, 5.41) is 3.44. The highest BCUT2D eigenvalue weighted by Gasteiger charge is 2.35. The van der Waals surface area contributed by atoms with Crippen molar-refractivity contribution in [2.75, 3.05) is 32.6 Å². The van der Waals surface area contributed by atoms with Crippen molar-refractivity contribution < 1.29 is 31.7 Å². The summed E-state index contributed by atoms with van der Waals surface area (Å²) in [4.78, 5) is 22.4. The first-order chi connectivity index (χ1) is 16.8. The minimum atomic E-state index is -3.56. The summed E-state index contributed by atoms with van der Waals surface area (Å²) in [7, 11) is -1.98. The largest absolute Gasteiger partial charge is 0.497 e. The van der Waals surface area contributed by atoms with Gasteiger partial charge in [-0.25, -0.2) is 4.79 Å². The molecule has 1 amide bonds. The van der Waals surface area contributed by atoms with Gasteiger partial charge in [0.1, 0.15) is 24.2 Å². The molecule has 10 nitrogen and oxygen atoms in total. The number of hydroxylamine groups is 1. The molecule has 1 aliphatic heterocycles. The van der Waals surface area contributed by atoms with Crippen LogP contribution in [0.4, 0.5) is 4.79 Å². The number of rotatable bonds is 11. The molecule has 3 rings (SSSR count). The van der Waals surface area contributed by atoms with Crippen LogP contribution >= 0.6 is 11.6 Å². The van der Waals surface area contributed by atoms with E-state index in [4.69, 9.17) is 30.1 Å². The Bertz CT molecular complexity index is 1110. The van der Waals surface area contributed by atoms with E-state index in [2.05, 4.69) is 15.8 Å². The van der Waals surface area contributed by atoms with Gasteiger partial charge in [0.05, 0.1) is 32.6 Å². The Hall–Kier alpha value is -2.86. The van der Waals surface area contributed by atoms with E-state index in [1.54, 1.807) is 43.5 Å². The molecule has 1 aliphatic rings. The summed E-state index contributed by atoms with van der Waals surface area (Å²) < 4.78 is 38.1. The third-order valence-corrected chi connectivity index (χ3v) is 6.72. The zero-order chi connectivity index (χ0) is 25.3. The first-order valence-corrected chi connectivity index (χ1v) is 12.9. The second kappa shape index (κ2) is 12.7. The highest BCUT2D eigenvalue weighted by atomic mass is 35.5. The monoisotopic (exact) mass is 525 g/mol. The molecule has 0 spiro atoms. The number of ether oxygens (including phenoxy) is 2. The molecule has 2 aromatic rings. The Morgan fingerprint density at radius 3 is 2.49 bits per heavy atom. The summed E-state index contributed by atoms with van der Waals surface area (Å²) in [6.45, 7) is 1.76. The fourth-order valence-electron chi connectivity index (χ4n) is 3.31. The molecule has 0 bridgehead atoms. The molecular weight excluding hydrogens is 498 g/mol. The van der Waals surface area contributed by atoms with E-state index >= 15 is 0 Å². The standard InChI is InChI=1S/C23H28ClN3O7S/c1-3-35(29,30)34-13-12-33-27-22-21(20(14-25-22)17-6-8-18(24)9-7-17)26-23(28)32-15-16-4-10-19(31-2)11-5-16/h4-11,20-21H,3,12-15H2,1-2H3,(H,25,27)(H,26,28)/t20-,21-/m0/s1. The molecule has 0 saturated heterocycles. The molecule has 0 radical (unpaired) electrons. The van der Waals surface area contributed by atoms with Crippen molar-refractivity contribution in [1.82, 2.24) is 10.8 Å². The topological polar surface area (TPSA) is 125 Å². The van der Waals surface area contributed by atoms with Gasteiger partial charge in [-0.15, -0.1) is 0 Å². The number of methoxy groups -OCH3 is 1. The van der Waals surface area contributed by atoms with E-state index in [9.17, 15) is 13.2 Å². The van der Waals surface area contributed by atoms with Crippen LogP contribution in [0.5, 0.6) is 5.75 Å². The van der Waals surface area contributed by atoms with E-state index in [1.807, 2.05) is 12.1 Å². The Balaban J connectivity index is 1.60. The SMILES string of the molecule is CCS(=O)(=O)OCCONC1=NC[C@@H](c2ccc(Cl)cc2)[C@@H]1NC(=O)OCc1ccc(OC)cc1. The molecule has 2 N–H and O–H groups in total. The quantitative estimate of drug-likeness (QED) is 0.260. The lowest BCUT2D eigenvalue weighted by Crippen LogP contribution is -2.48. The Morgan fingerprint density at radius 1 is 1.11 bits per heavy atom. The average molecular weight is 526 g/mol. The zero-order valence-corrected chi connectivity index (χ0v) is 21.0. The lowest BCUT2D eigenvalue weighted by atomic mass is 9.93. The lowest BCUT2D eigenvalue weighted by Gasteiger charge is -2.23. The molecule has 35 heavy (non-hydrogen) atoms. The zero-order valence-electron chi connectivity index (χ0n) is 19.4. The van der Waals surface area contributed by atoms with E-state index in [0.717, 1.165) is 11.1 Å². The third kappa shape index (κ3) is 8.10. The van der Waals surface area contributed by atoms with Crippen LogP contribution in [-0.4, -0.2) is 59.0 Å². The van der Waals surface area contributed by atoms with Crippen molar-refractivity contribution in [2.45, 2.75) is 25.5 Å². The van der Waals surface area contributed by atoms with Crippen molar-refractivity contribution in [3.05, 3.63) is 64.7 Å². The second-order valence-corrected chi connectivity index (χ2v) is 9.91. The fourth-order valence-corrected chi connectivity index (χ4v) is 3.93. The van der Waals surface area contributed by atoms with Crippen LogP contribution in [0.3, 0.4) is 0 Å². The smallest absolute Gasteiger partial charge is 0.408 e. The highest BCUT2D eigenvalue weighted by Crippen LogP contribution is 2.27. The first-order valence-electron chi connectivity index (χ1n) is 10.9. The fraction of sp³-hybridized carbons (Fsp3) is 0.391. The van der Waals surface area contributed by atoms with Gasteiger partial charge in [0.2, 0.25) is 0 Å². The van der Waals surface area contributed by atoms with E-state index in [0.29, 0.717) is 23.2 Å². The predicted molar refractivity (Wildman–Crippen MR) is 131 cm³/mol. The van der Waals surface area contributed by atoms with Gasteiger partial charge < -0.3 is 14.8 Å². The number of aliphatic imine (C=N–C) groups is 1. The number of alkyl carbamates (subject to hydrolysis) is 1. The molecule has 12 heteroatoms. The minimum absolute atomic E-state index is 0.0432. The van der Waals surface area contributed by atoms with Crippen molar-refractivity contribution in [1.29, 1.82) is 0 Å². The summed E-state index contributed by atoms with van der Waals surface area (Å²) >= 11 is 6.01. The number of hydrogen-bond acceptors (Lipinski definition) is 9. The average Bonchev–Trinajstić information content (AvgIpc) is 3.25. The molecule has 190 valence electrons. The van der Waals surface area contributed by atoms with Gasteiger partial charge in [0, 0.05) is 10.9 Å². The number of carbonyl (C=O) groups is 1. The van der Waals surface area contributed by atoms with E-state index < -0.39 is 22.3 Å². The molecule has 0 fully saturated rings. The summed E-state index contributed by atoms with van der Waals surface area (Å²) in [5.74, 6) is 0.772. The predicted octanol–water partition coefficient (Wildman–Crippen LogP) is 3.03. The van der Waals surface area contributed by atoms with Gasteiger partial charge in [0.15, 0.2) is 0 Å². The van der Waals surface area contributed by atoms with Crippen molar-refractivity contribution in [2.24, 2.45) is 4.99 Å². The number of nitrogens with one attached hydrogen (secondary N) is 2. The van der Waals surface area contributed by atoms with Gasteiger partial charge >= 0.3 is 6.09 Å². The number of hydrogen-bond donors (Lipinski definition) is 2. The number of benzene rings is 2. The van der Waals surface area contributed by atoms with Crippen LogP contribution in [0, 0.1) is 0 Å². The number of halogens is 1. The number of amidine groups is 1. The van der Waals surface area contributed by atoms with Crippen molar-refractivity contribution in [3.8, 4) is 5.75 Å². The molecule has 0 aromatic heterocycles. The Labute approximate surface area is 209 Å². The molecule has 2 aromatic carbocycles. The van der Waals surface area contributed by atoms with E-state index in [-0.39, 0.29) is 31.5 Å². The van der Waals surface area contributed by atoms with Crippen LogP contribution in [-0.2, 0) is 30.5 Å². The molecule has 1 heterocycles. The van der Waals surface area contributed by atoms with Crippen LogP contribution in [0.15, 0.2) is 53.5 Å². The minimum Gasteiger partial charge on any atom is -0.497 e. The van der Waals surface area contributed by atoms with Crippen LogP contribution in [0.1, 0.15) is 24.0 Å². The van der Waals surface area contributed by atoms with Crippen LogP contribution in [0.2, 0.25) is 5.02 Å². The highest BCUT2D eigenvalue weighted by molar-refractivity contribution is 7.86. The number of amides is 1. The van der Waals surface area contributed by atoms with Crippen LogP contribution in [0.25, 0.3) is 0 Å². The first kappa shape index (κ1) is 26.7. The van der Waals surface area contributed by atoms with Crippen molar-refractivity contribution in [3.63, 3.8) is 0 Å². The Kier molecular flexibility index (Phi) is 9.73. The molecular formula is C23H28ClN3O7S. The summed E-state index contributed by atoms with van der Waals surface area (Å²) in [6.07, 6.45) is -0.626. The van der Waals surface area contributed by atoms with Crippen molar-refractivity contribution >= 4 is 33.6 Å². The van der Waals surface area contributed by atoms with Gasteiger partial charge in [0.25, 0.3) is 10.1 Å². The number of carbonyl (C=O) groups excluding carboxylic acids is 1. The Morgan fingerprint density at radius 2 is 1.83 bits per heavy atom. The van der Waals surface area contributed by atoms with Crippen LogP contribution < -0.4 is 15.5 Å². The normalized spacial score (nSPS) is 17.5. The maximum atomic E-state index is 12.6. The maximum absolute atomic E-state index is 12.6. The summed E-state index contributed by atoms with van der Waals surface area (Å²) in [5.41, 5.74) is 4.43. The van der Waals surface area contributed by atoms with Gasteiger partial charge in [-0.05, 0) is 42.3 Å². The molecule has 2 atom stereocenters.